The van der Waals surface area contributed by atoms with E-state index in [1.54, 1.807) is 19.4 Å². The maximum absolute atomic E-state index is 8.96. The highest BCUT2D eigenvalue weighted by Crippen LogP contribution is 2.24. The van der Waals surface area contributed by atoms with Crippen LogP contribution in [0.3, 0.4) is 0 Å². The summed E-state index contributed by atoms with van der Waals surface area (Å²) in [5.41, 5.74) is 3.01. The quantitative estimate of drug-likeness (QED) is 0.894. The lowest BCUT2D eigenvalue weighted by Gasteiger charge is -2.10. The largest absolute Gasteiger partial charge is 0.496 e. The van der Waals surface area contributed by atoms with Gasteiger partial charge in [-0.25, -0.2) is 4.98 Å². The van der Waals surface area contributed by atoms with Gasteiger partial charge in [0, 0.05) is 11.9 Å². The zero-order valence-corrected chi connectivity index (χ0v) is 10.3. The third-order valence-corrected chi connectivity index (χ3v) is 2.59. The number of ether oxygens (including phenoxy) is 1. The van der Waals surface area contributed by atoms with Crippen molar-refractivity contribution in [3.8, 4) is 11.8 Å². The number of benzene rings is 1. The topological polar surface area (TPSA) is 57.9 Å². The highest BCUT2D eigenvalue weighted by Gasteiger charge is 2.04. The van der Waals surface area contributed by atoms with Gasteiger partial charge in [-0.15, -0.1) is 0 Å². The molecule has 0 spiro atoms. The van der Waals surface area contributed by atoms with Gasteiger partial charge < -0.3 is 10.1 Å². The number of aryl methyl sites for hydroxylation is 1. The average molecular weight is 239 g/mol. The molecule has 0 saturated heterocycles. The van der Waals surface area contributed by atoms with Crippen molar-refractivity contribution >= 4 is 11.4 Å². The number of aromatic nitrogens is 1. The van der Waals surface area contributed by atoms with E-state index in [4.69, 9.17) is 10.00 Å². The smallest absolute Gasteiger partial charge is 0.163 e. The molecule has 0 atom stereocenters. The zero-order valence-electron chi connectivity index (χ0n) is 10.3. The lowest BCUT2D eigenvalue weighted by Crippen LogP contribution is -1.96. The minimum atomic E-state index is 0.381. The van der Waals surface area contributed by atoms with Crippen LogP contribution >= 0.6 is 0 Å². The van der Waals surface area contributed by atoms with Crippen molar-refractivity contribution < 1.29 is 4.74 Å². The van der Waals surface area contributed by atoms with Gasteiger partial charge in [-0.05, 0) is 42.8 Å². The number of nitrogens with zero attached hydrogens (tertiary/aromatic N) is 2. The van der Waals surface area contributed by atoms with Gasteiger partial charge in [-0.3, -0.25) is 0 Å². The Morgan fingerprint density at radius 3 is 2.83 bits per heavy atom. The van der Waals surface area contributed by atoms with Crippen LogP contribution in [0.25, 0.3) is 0 Å². The highest BCUT2D eigenvalue weighted by molar-refractivity contribution is 5.65. The van der Waals surface area contributed by atoms with Crippen LogP contribution in [0, 0.1) is 18.3 Å². The number of hydrogen-bond acceptors (Lipinski definition) is 4. The molecule has 90 valence electrons. The van der Waals surface area contributed by atoms with E-state index in [-0.39, 0.29) is 0 Å². The summed E-state index contributed by atoms with van der Waals surface area (Å²) in [7, 11) is 1.64. The number of pyridine rings is 1. The fourth-order valence-corrected chi connectivity index (χ4v) is 1.71. The Morgan fingerprint density at radius 2 is 2.17 bits per heavy atom. The minimum absolute atomic E-state index is 0.381. The molecule has 0 radical (unpaired) electrons. The molecule has 0 amide bonds. The fourth-order valence-electron chi connectivity index (χ4n) is 1.71. The van der Waals surface area contributed by atoms with Crippen molar-refractivity contribution in [3.63, 3.8) is 0 Å². The van der Waals surface area contributed by atoms with E-state index in [2.05, 4.69) is 16.4 Å². The number of hydrogen-bond donors (Lipinski definition) is 1. The Balaban J connectivity index is 2.29. The van der Waals surface area contributed by atoms with E-state index in [9.17, 15) is 0 Å². The van der Waals surface area contributed by atoms with Gasteiger partial charge in [0.2, 0.25) is 0 Å². The molecule has 1 N–H and O–H groups in total. The Labute approximate surface area is 106 Å². The first-order chi connectivity index (χ1) is 8.74. The summed E-state index contributed by atoms with van der Waals surface area (Å²) in [6, 6.07) is 11.4. The van der Waals surface area contributed by atoms with E-state index >= 15 is 0 Å². The van der Waals surface area contributed by atoms with Gasteiger partial charge in [0.15, 0.2) is 5.69 Å². The van der Waals surface area contributed by atoms with Crippen LogP contribution < -0.4 is 10.1 Å². The molecule has 0 unspecified atom stereocenters. The SMILES string of the molecule is COc1ccc(Nc2cccnc2C#N)cc1C. The molecular formula is C14H13N3O. The molecule has 2 rings (SSSR count). The minimum Gasteiger partial charge on any atom is -0.496 e. The van der Waals surface area contributed by atoms with E-state index in [0.717, 1.165) is 17.0 Å². The first-order valence-electron chi connectivity index (χ1n) is 5.51. The van der Waals surface area contributed by atoms with Crippen molar-refractivity contribution in [3.05, 3.63) is 47.8 Å². The number of anilines is 2. The van der Waals surface area contributed by atoms with Gasteiger partial charge in [-0.1, -0.05) is 0 Å². The van der Waals surface area contributed by atoms with Crippen molar-refractivity contribution in [2.45, 2.75) is 6.92 Å². The van der Waals surface area contributed by atoms with Crippen LogP contribution in [0.5, 0.6) is 5.75 Å². The molecule has 2 aromatic rings. The maximum atomic E-state index is 8.96. The van der Waals surface area contributed by atoms with Crippen LogP contribution in [0.2, 0.25) is 0 Å². The molecule has 0 aliphatic carbocycles. The molecule has 0 aliphatic heterocycles. The van der Waals surface area contributed by atoms with Gasteiger partial charge in [0.1, 0.15) is 11.8 Å². The molecule has 1 aromatic carbocycles. The van der Waals surface area contributed by atoms with Crippen molar-refractivity contribution in [1.29, 1.82) is 5.26 Å². The Hall–Kier alpha value is -2.54. The Morgan fingerprint density at radius 1 is 1.33 bits per heavy atom. The van der Waals surface area contributed by atoms with Gasteiger partial charge in [-0.2, -0.15) is 5.26 Å². The summed E-state index contributed by atoms with van der Waals surface area (Å²) < 4.78 is 5.20. The van der Waals surface area contributed by atoms with E-state index in [0.29, 0.717) is 11.4 Å². The van der Waals surface area contributed by atoms with Gasteiger partial charge in [0.25, 0.3) is 0 Å². The van der Waals surface area contributed by atoms with Crippen molar-refractivity contribution in [1.82, 2.24) is 4.98 Å². The second-order valence-electron chi connectivity index (χ2n) is 3.82. The lowest BCUT2D eigenvalue weighted by atomic mass is 10.2. The number of rotatable bonds is 3. The zero-order chi connectivity index (χ0) is 13.0. The van der Waals surface area contributed by atoms with Crippen molar-refractivity contribution in [2.75, 3.05) is 12.4 Å². The third-order valence-electron chi connectivity index (χ3n) is 2.59. The molecular weight excluding hydrogens is 226 g/mol. The second kappa shape index (κ2) is 5.19. The van der Waals surface area contributed by atoms with E-state index in [1.165, 1.54) is 0 Å². The predicted molar refractivity (Wildman–Crippen MR) is 70.0 cm³/mol. The fraction of sp³-hybridized carbons (Fsp3) is 0.143. The summed E-state index contributed by atoms with van der Waals surface area (Å²) in [6.07, 6.45) is 1.60. The van der Waals surface area contributed by atoms with Gasteiger partial charge >= 0.3 is 0 Å². The van der Waals surface area contributed by atoms with E-state index in [1.807, 2.05) is 31.2 Å². The maximum Gasteiger partial charge on any atom is 0.163 e. The first kappa shape index (κ1) is 11.9. The molecule has 0 saturated carbocycles. The third kappa shape index (κ3) is 2.41. The summed E-state index contributed by atoms with van der Waals surface area (Å²) in [5, 5.41) is 12.1. The monoisotopic (exact) mass is 239 g/mol. The molecule has 0 bridgehead atoms. The lowest BCUT2D eigenvalue weighted by molar-refractivity contribution is 0.412. The number of methoxy groups -OCH3 is 1. The molecule has 18 heavy (non-hydrogen) atoms. The van der Waals surface area contributed by atoms with Gasteiger partial charge in [0.05, 0.1) is 12.8 Å². The number of nitriles is 1. The van der Waals surface area contributed by atoms with Crippen LogP contribution in [0.4, 0.5) is 11.4 Å². The summed E-state index contributed by atoms with van der Waals surface area (Å²) in [5.74, 6) is 0.840. The molecule has 1 heterocycles. The van der Waals surface area contributed by atoms with E-state index < -0.39 is 0 Å². The van der Waals surface area contributed by atoms with Crippen molar-refractivity contribution in [2.24, 2.45) is 0 Å². The van der Waals surface area contributed by atoms with Crippen LogP contribution in [-0.4, -0.2) is 12.1 Å². The predicted octanol–water partition coefficient (Wildman–Crippen LogP) is 3.01. The van der Waals surface area contributed by atoms with Crippen LogP contribution in [-0.2, 0) is 0 Å². The molecule has 4 nitrogen and oxygen atoms in total. The number of nitrogens with one attached hydrogen (secondary N) is 1. The Bertz CT molecular complexity index is 602. The molecule has 0 aliphatic rings. The van der Waals surface area contributed by atoms with Crippen LogP contribution in [0.1, 0.15) is 11.3 Å². The normalized spacial score (nSPS) is 9.61. The molecule has 1 aromatic heterocycles. The first-order valence-corrected chi connectivity index (χ1v) is 5.51. The summed E-state index contributed by atoms with van der Waals surface area (Å²) in [4.78, 5) is 4.00. The molecule has 0 fully saturated rings. The summed E-state index contributed by atoms with van der Waals surface area (Å²) >= 11 is 0. The summed E-state index contributed by atoms with van der Waals surface area (Å²) in [6.45, 7) is 1.97. The highest BCUT2D eigenvalue weighted by atomic mass is 16.5. The standard InChI is InChI=1S/C14H13N3O/c1-10-8-11(5-6-14(10)18-2)17-12-4-3-7-16-13(12)9-15/h3-8,17H,1-2H3. The van der Waals surface area contributed by atoms with Crippen LogP contribution in [0.15, 0.2) is 36.5 Å². The average Bonchev–Trinajstić information content (AvgIpc) is 2.39. The molecule has 4 heteroatoms. The second-order valence-corrected chi connectivity index (χ2v) is 3.82. The Kier molecular flexibility index (Phi) is 3.44.